The molecule has 0 spiro atoms. The second kappa shape index (κ2) is 12.7. The lowest BCUT2D eigenvalue weighted by Gasteiger charge is -2.47. The Labute approximate surface area is 242 Å². The van der Waals surface area contributed by atoms with Gasteiger partial charge in [-0.25, -0.2) is 13.6 Å². The van der Waals surface area contributed by atoms with Crippen LogP contribution in [0.2, 0.25) is 0 Å². The molecule has 3 N–H and O–H groups in total. The lowest BCUT2D eigenvalue weighted by molar-refractivity contribution is -0.334. The van der Waals surface area contributed by atoms with E-state index in [0.29, 0.717) is 44.0 Å². The van der Waals surface area contributed by atoms with E-state index < -0.39 is 71.0 Å². The highest BCUT2D eigenvalue weighted by molar-refractivity contribution is 5.90. The molecule has 7 nitrogen and oxygen atoms in total. The van der Waals surface area contributed by atoms with Gasteiger partial charge < -0.3 is 24.8 Å². The lowest BCUT2D eigenvalue weighted by Crippen LogP contribution is -2.67. The highest BCUT2D eigenvalue weighted by Gasteiger charge is 2.63. The first-order chi connectivity index (χ1) is 20.2. The average Bonchev–Trinajstić information content (AvgIpc) is 2.86. The van der Waals surface area contributed by atoms with E-state index in [4.69, 9.17) is 9.47 Å². The van der Waals surface area contributed by atoms with E-state index in [1.54, 1.807) is 0 Å². The standard InChI is InChI=1S/C28H31F8N3O4/c1-2-3-4-10-25(39-24(40)38-21-16-18(7-8-20(21)30)43-28(34,35)36)11-5-13-37-23(25)42-22-9-6-17(29)15-19(22)26(12-14-41-26)27(31,32)33/h6-9,15-16,23,37H,2-5,10-14H2,1H3,(H2,38,39,40). The summed E-state index contributed by atoms with van der Waals surface area (Å²) < 4.78 is 124. The minimum Gasteiger partial charge on any atom is -0.472 e. The van der Waals surface area contributed by atoms with Crippen molar-refractivity contribution in [3.8, 4) is 11.5 Å². The van der Waals surface area contributed by atoms with Crippen molar-refractivity contribution in [1.82, 2.24) is 10.6 Å². The molecule has 2 fully saturated rings. The Morgan fingerprint density at radius 2 is 1.81 bits per heavy atom. The fraction of sp³-hybridized carbons (Fsp3) is 0.536. The normalized spacial score (nSPS) is 24.2. The van der Waals surface area contributed by atoms with E-state index in [1.807, 2.05) is 6.92 Å². The molecule has 4 rings (SSSR count). The first kappa shape index (κ1) is 32.6. The maximum absolute atomic E-state index is 14.4. The van der Waals surface area contributed by atoms with Crippen LogP contribution in [0.5, 0.6) is 11.5 Å². The molecule has 2 aliphatic heterocycles. The molecule has 2 heterocycles. The molecule has 3 atom stereocenters. The molecule has 0 bridgehead atoms. The van der Waals surface area contributed by atoms with Gasteiger partial charge in [-0.2, -0.15) is 13.2 Å². The molecule has 2 aromatic rings. The Hall–Kier alpha value is -3.33. The second-order valence-corrected chi connectivity index (χ2v) is 10.5. The van der Waals surface area contributed by atoms with E-state index >= 15 is 0 Å². The third-order valence-corrected chi connectivity index (χ3v) is 7.52. The molecule has 0 aromatic heterocycles. The van der Waals surface area contributed by atoms with Gasteiger partial charge in [0.25, 0.3) is 0 Å². The molecular formula is C28H31F8N3O4. The first-order valence-electron chi connectivity index (χ1n) is 13.7. The molecule has 2 aliphatic rings. The number of halogens is 8. The van der Waals surface area contributed by atoms with Crippen LogP contribution in [-0.4, -0.2) is 43.5 Å². The van der Waals surface area contributed by atoms with E-state index in [1.165, 1.54) is 0 Å². The van der Waals surface area contributed by atoms with Gasteiger partial charge in [0.2, 0.25) is 0 Å². The van der Waals surface area contributed by atoms with Crippen molar-refractivity contribution < 1.29 is 54.1 Å². The summed E-state index contributed by atoms with van der Waals surface area (Å²) in [7, 11) is 0. The molecule has 0 aliphatic carbocycles. The van der Waals surface area contributed by atoms with Gasteiger partial charge in [0.1, 0.15) is 23.1 Å². The smallest absolute Gasteiger partial charge is 0.472 e. The van der Waals surface area contributed by atoms with Crippen LogP contribution in [0, 0.1) is 11.6 Å². The van der Waals surface area contributed by atoms with Crippen LogP contribution in [0.25, 0.3) is 0 Å². The average molecular weight is 626 g/mol. The predicted octanol–water partition coefficient (Wildman–Crippen LogP) is 7.27. The third kappa shape index (κ3) is 7.43. The third-order valence-electron chi connectivity index (χ3n) is 7.52. The van der Waals surface area contributed by atoms with Crippen LogP contribution in [0.3, 0.4) is 0 Å². The molecule has 2 amide bonds. The number of nitrogens with one attached hydrogen (secondary N) is 3. The number of benzene rings is 2. The van der Waals surface area contributed by atoms with Crippen molar-refractivity contribution in [1.29, 1.82) is 0 Å². The number of urea groups is 1. The number of hydrogen-bond acceptors (Lipinski definition) is 5. The molecule has 15 heteroatoms. The number of hydrogen-bond donors (Lipinski definition) is 3. The Kier molecular flexibility index (Phi) is 9.64. The highest BCUT2D eigenvalue weighted by atomic mass is 19.4. The van der Waals surface area contributed by atoms with Crippen LogP contribution in [-0.2, 0) is 10.3 Å². The maximum Gasteiger partial charge on any atom is 0.573 e. The van der Waals surface area contributed by atoms with Crippen LogP contribution in [0.1, 0.15) is 57.4 Å². The van der Waals surface area contributed by atoms with Crippen molar-refractivity contribution >= 4 is 11.7 Å². The van der Waals surface area contributed by atoms with Gasteiger partial charge in [-0.1, -0.05) is 26.2 Å². The first-order valence-corrected chi connectivity index (χ1v) is 13.7. The largest absolute Gasteiger partial charge is 0.573 e. The minimum absolute atomic E-state index is 0.189. The number of alkyl halides is 6. The number of piperidine rings is 1. The zero-order valence-corrected chi connectivity index (χ0v) is 23.1. The van der Waals surface area contributed by atoms with Crippen LogP contribution >= 0.6 is 0 Å². The molecule has 238 valence electrons. The van der Waals surface area contributed by atoms with Crippen molar-refractivity contribution in [2.45, 2.75) is 81.8 Å². The molecular weight excluding hydrogens is 594 g/mol. The Morgan fingerprint density at radius 3 is 2.44 bits per heavy atom. The lowest BCUT2D eigenvalue weighted by atomic mass is 9.82. The summed E-state index contributed by atoms with van der Waals surface area (Å²) in [5.74, 6) is -3.03. The summed E-state index contributed by atoms with van der Waals surface area (Å²) in [6.07, 6.45) is -8.31. The number of ether oxygens (including phenoxy) is 3. The minimum atomic E-state index is -5.05. The Balaban J connectivity index is 1.63. The van der Waals surface area contributed by atoms with E-state index in [0.717, 1.165) is 31.0 Å². The van der Waals surface area contributed by atoms with E-state index in [9.17, 15) is 39.9 Å². The van der Waals surface area contributed by atoms with Gasteiger partial charge in [-0.05, 0) is 56.1 Å². The summed E-state index contributed by atoms with van der Waals surface area (Å²) >= 11 is 0. The van der Waals surface area contributed by atoms with Gasteiger partial charge in [0.05, 0.1) is 17.8 Å². The highest BCUT2D eigenvalue weighted by Crippen LogP contribution is 2.53. The predicted molar refractivity (Wildman–Crippen MR) is 138 cm³/mol. The number of unbranched alkanes of at least 4 members (excludes halogenated alkanes) is 2. The van der Waals surface area contributed by atoms with Gasteiger partial charge >= 0.3 is 18.6 Å². The van der Waals surface area contributed by atoms with Gasteiger partial charge in [0.15, 0.2) is 11.8 Å². The molecule has 3 unspecified atom stereocenters. The number of anilines is 1. The molecule has 0 saturated carbocycles. The molecule has 43 heavy (non-hydrogen) atoms. The number of carbonyl (C=O) groups excluding carboxylic acids is 1. The van der Waals surface area contributed by atoms with Gasteiger partial charge in [0, 0.05) is 18.1 Å². The number of rotatable bonds is 10. The quantitative estimate of drug-likeness (QED) is 0.191. The summed E-state index contributed by atoms with van der Waals surface area (Å²) in [5.41, 5.74) is -5.17. The summed E-state index contributed by atoms with van der Waals surface area (Å²) in [6, 6.07) is 3.83. The zero-order valence-electron chi connectivity index (χ0n) is 23.1. The molecule has 2 saturated heterocycles. The zero-order chi connectivity index (χ0) is 31.5. The van der Waals surface area contributed by atoms with Crippen molar-refractivity contribution in [2.75, 3.05) is 18.5 Å². The summed E-state index contributed by atoms with van der Waals surface area (Å²) in [6.45, 7) is 2.12. The van der Waals surface area contributed by atoms with Crippen molar-refractivity contribution in [2.24, 2.45) is 0 Å². The van der Waals surface area contributed by atoms with Crippen LogP contribution in [0.15, 0.2) is 36.4 Å². The van der Waals surface area contributed by atoms with Crippen LogP contribution in [0.4, 0.5) is 45.6 Å². The van der Waals surface area contributed by atoms with E-state index in [-0.39, 0.29) is 18.8 Å². The number of carbonyl (C=O) groups is 1. The van der Waals surface area contributed by atoms with Crippen molar-refractivity contribution in [3.05, 3.63) is 53.6 Å². The Morgan fingerprint density at radius 1 is 1.07 bits per heavy atom. The number of amides is 2. The summed E-state index contributed by atoms with van der Waals surface area (Å²) in [5, 5.41) is 8.00. The van der Waals surface area contributed by atoms with Crippen LogP contribution < -0.4 is 25.4 Å². The topological polar surface area (TPSA) is 80.9 Å². The fourth-order valence-electron chi connectivity index (χ4n) is 5.37. The Bertz CT molecular complexity index is 1290. The SMILES string of the molecule is CCCCCC1(NC(=O)Nc2cc(OC(F)(F)F)ccc2F)CCCNC1Oc1ccc(F)cc1C1(C(F)(F)F)CCO1. The van der Waals surface area contributed by atoms with E-state index in [2.05, 4.69) is 20.7 Å². The van der Waals surface area contributed by atoms with Crippen molar-refractivity contribution in [3.63, 3.8) is 0 Å². The summed E-state index contributed by atoms with van der Waals surface area (Å²) in [4.78, 5) is 13.2. The van der Waals surface area contributed by atoms with Gasteiger partial charge in [-0.15, -0.1) is 13.2 Å². The fourth-order valence-corrected chi connectivity index (χ4v) is 5.37. The monoisotopic (exact) mass is 625 g/mol. The van der Waals surface area contributed by atoms with Gasteiger partial charge in [-0.3, -0.25) is 5.32 Å². The maximum atomic E-state index is 14.4. The molecule has 0 radical (unpaired) electrons. The molecule has 2 aromatic carbocycles. The second-order valence-electron chi connectivity index (χ2n) is 10.5.